The van der Waals surface area contributed by atoms with Crippen LogP contribution in [-0.4, -0.2) is 35.4 Å². The molecule has 0 spiro atoms. The lowest BCUT2D eigenvalue weighted by molar-refractivity contribution is -0.187. The third-order valence-corrected chi connectivity index (χ3v) is 5.06. The van der Waals surface area contributed by atoms with Gasteiger partial charge in [0.15, 0.2) is 0 Å². The zero-order chi connectivity index (χ0) is 14.8. The molecule has 2 nitrogen and oxygen atoms in total. The van der Waals surface area contributed by atoms with Crippen LogP contribution >= 0.6 is 15.9 Å². The van der Waals surface area contributed by atoms with Crippen LogP contribution in [0.15, 0.2) is 0 Å². The molecule has 116 valence electrons. The van der Waals surface area contributed by atoms with Crippen molar-refractivity contribution in [2.75, 3.05) is 18.4 Å². The van der Waals surface area contributed by atoms with Crippen LogP contribution in [0.3, 0.4) is 0 Å². The quantitative estimate of drug-likeness (QED) is 0.701. The lowest BCUT2D eigenvalue weighted by Gasteiger charge is -2.32. The zero-order valence-electron chi connectivity index (χ0n) is 11.5. The molecule has 1 saturated heterocycles. The van der Waals surface area contributed by atoms with Gasteiger partial charge in [-0.3, -0.25) is 4.79 Å². The van der Waals surface area contributed by atoms with Crippen molar-refractivity contribution in [2.24, 2.45) is 17.8 Å². The third-order valence-electron chi connectivity index (χ3n) is 4.60. The Morgan fingerprint density at radius 3 is 2.65 bits per heavy atom. The number of hydrogen-bond donors (Lipinski definition) is 0. The Morgan fingerprint density at radius 2 is 2.00 bits per heavy atom. The number of alkyl halides is 4. The molecular formula is C14H21BrF3NO. The van der Waals surface area contributed by atoms with Crippen molar-refractivity contribution in [2.45, 2.75) is 44.7 Å². The van der Waals surface area contributed by atoms with Gasteiger partial charge in [0.25, 0.3) is 0 Å². The predicted octanol–water partition coefficient (Wildman–Crippen LogP) is 3.99. The number of carbonyl (C=O) groups is 1. The average molecular weight is 356 g/mol. The molecule has 0 bridgehead atoms. The molecule has 20 heavy (non-hydrogen) atoms. The van der Waals surface area contributed by atoms with Gasteiger partial charge in [0.2, 0.25) is 5.91 Å². The maximum Gasteiger partial charge on any atom is 0.391 e. The summed E-state index contributed by atoms with van der Waals surface area (Å²) >= 11 is 3.39. The average Bonchev–Trinajstić information content (AvgIpc) is 2.86. The van der Waals surface area contributed by atoms with E-state index in [2.05, 4.69) is 15.9 Å². The van der Waals surface area contributed by atoms with Crippen LogP contribution < -0.4 is 0 Å². The van der Waals surface area contributed by atoms with Crippen LogP contribution in [0.4, 0.5) is 13.2 Å². The fourth-order valence-corrected chi connectivity index (χ4v) is 4.04. The van der Waals surface area contributed by atoms with E-state index in [0.717, 1.165) is 24.7 Å². The highest BCUT2D eigenvalue weighted by atomic mass is 79.9. The Hall–Kier alpha value is -0.260. The maximum atomic E-state index is 12.8. The molecule has 1 aliphatic carbocycles. The van der Waals surface area contributed by atoms with Crippen molar-refractivity contribution in [1.29, 1.82) is 0 Å². The van der Waals surface area contributed by atoms with Crippen LogP contribution in [0, 0.1) is 17.8 Å². The number of likely N-dealkylation sites (tertiary alicyclic amines) is 1. The van der Waals surface area contributed by atoms with Gasteiger partial charge in [-0.2, -0.15) is 13.2 Å². The summed E-state index contributed by atoms with van der Waals surface area (Å²) in [5.41, 5.74) is 0. The van der Waals surface area contributed by atoms with E-state index in [9.17, 15) is 18.0 Å². The van der Waals surface area contributed by atoms with Gasteiger partial charge in [-0.15, -0.1) is 0 Å². The molecule has 3 unspecified atom stereocenters. The summed E-state index contributed by atoms with van der Waals surface area (Å²) in [6, 6.07) is 0. The van der Waals surface area contributed by atoms with Gasteiger partial charge >= 0.3 is 6.18 Å². The van der Waals surface area contributed by atoms with Gasteiger partial charge in [0.05, 0.1) is 5.92 Å². The second-order valence-electron chi connectivity index (χ2n) is 6.02. The molecule has 6 heteroatoms. The van der Waals surface area contributed by atoms with E-state index in [1.165, 1.54) is 0 Å². The van der Waals surface area contributed by atoms with Crippen molar-refractivity contribution in [3.63, 3.8) is 0 Å². The van der Waals surface area contributed by atoms with Gasteiger partial charge in [-0.1, -0.05) is 22.4 Å². The minimum Gasteiger partial charge on any atom is -0.342 e. The second kappa shape index (κ2) is 6.67. The first kappa shape index (κ1) is 16.1. The lowest BCUT2D eigenvalue weighted by Crippen LogP contribution is -2.39. The molecule has 1 aliphatic heterocycles. The number of hydrogen-bond acceptors (Lipinski definition) is 1. The molecule has 1 heterocycles. The molecule has 2 aliphatic rings. The number of carbonyl (C=O) groups excluding carboxylic acids is 1. The van der Waals surface area contributed by atoms with Gasteiger partial charge in [-0.05, 0) is 38.0 Å². The van der Waals surface area contributed by atoms with E-state index in [1.54, 1.807) is 4.90 Å². The minimum absolute atomic E-state index is 0.0120. The summed E-state index contributed by atoms with van der Waals surface area (Å²) in [5.74, 6) is -1.25. The fraction of sp³-hybridized carbons (Fsp3) is 0.929. The Bertz CT molecular complexity index is 348. The summed E-state index contributed by atoms with van der Waals surface area (Å²) in [7, 11) is 0. The van der Waals surface area contributed by atoms with E-state index in [4.69, 9.17) is 0 Å². The van der Waals surface area contributed by atoms with Crippen LogP contribution in [0.1, 0.15) is 38.5 Å². The normalized spacial score (nSPS) is 31.6. The Kier molecular flexibility index (Phi) is 5.37. The number of halogens is 4. The van der Waals surface area contributed by atoms with Gasteiger partial charge in [-0.25, -0.2) is 0 Å². The van der Waals surface area contributed by atoms with Crippen LogP contribution in [0.25, 0.3) is 0 Å². The first-order valence-corrected chi connectivity index (χ1v) is 8.45. The van der Waals surface area contributed by atoms with E-state index >= 15 is 0 Å². The predicted molar refractivity (Wildman–Crippen MR) is 74.6 cm³/mol. The van der Waals surface area contributed by atoms with Crippen LogP contribution in [0.2, 0.25) is 0 Å². The highest BCUT2D eigenvalue weighted by Crippen LogP contribution is 2.40. The van der Waals surface area contributed by atoms with Crippen molar-refractivity contribution < 1.29 is 18.0 Å². The Balaban J connectivity index is 1.89. The van der Waals surface area contributed by atoms with E-state index in [0.29, 0.717) is 25.3 Å². The zero-order valence-corrected chi connectivity index (χ0v) is 13.0. The van der Waals surface area contributed by atoms with Crippen molar-refractivity contribution in [1.82, 2.24) is 4.90 Å². The van der Waals surface area contributed by atoms with Gasteiger partial charge in [0, 0.05) is 24.3 Å². The smallest absolute Gasteiger partial charge is 0.342 e. The molecule has 0 aromatic carbocycles. The summed E-state index contributed by atoms with van der Waals surface area (Å²) in [6.45, 7) is 1.43. The molecule has 1 amide bonds. The number of nitrogens with zero attached hydrogens (tertiary/aromatic N) is 1. The SMILES string of the molecule is O=C(C1CCCC(C(F)(F)F)C1)N1CCC(CCBr)C1. The van der Waals surface area contributed by atoms with Crippen molar-refractivity contribution >= 4 is 21.8 Å². The minimum atomic E-state index is -4.15. The molecule has 0 aromatic heterocycles. The molecule has 0 aromatic rings. The molecule has 0 N–H and O–H groups in total. The number of rotatable bonds is 3. The van der Waals surface area contributed by atoms with E-state index < -0.39 is 18.0 Å². The number of amides is 1. The summed E-state index contributed by atoms with van der Waals surface area (Å²) in [5, 5.41) is 0.916. The first-order valence-electron chi connectivity index (χ1n) is 7.33. The topological polar surface area (TPSA) is 20.3 Å². The third kappa shape index (κ3) is 3.89. The van der Waals surface area contributed by atoms with Crippen LogP contribution in [-0.2, 0) is 4.79 Å². The summed E-state index contributed by atoms with van der Waals surface area (Å²) < 4.78 is 38.4. The fourth-order valence-electron chi connectivity index (χ4n) is 3.39. The maximum absolute atomic E-state index is 12.8. The molecule has 1 saturated carbocycles. The Labute approximate surface area is 126 Å². The Morgan fingerprint density at radius 1 is 1.25 bits per heavy atom. The summed E-state index contributed by atoms with van der Waals surface area (Å²) in [6.07, 6.45) is -0.847. The molecular weight excluding hydrogens is 335 g/mol. The van der Waals surface area contributed by atoms with Gasteiger partial charge in [0.1, 0.15) is 0 Å². The first-order chi connectivity index (χ1) is 9.41. The van der Waals surface area contributed by atoms with Crippen molar-refractivity contribution in [3.8, 4) is 0 Å². The highest BCUT2D eigenvalue weighted by molar-refractivity contribution is 9.09. The monoisotopic (exact) mass is 355 g/mol. The van der Waals surface area contributed by atoms with Gasteiger partial charge < -0.3 is 4.90 Å². The molecule has 0 radical (unpaired) electrons. The highest BCUT2D eigenvalue weighted by Gasteiger charge is 2.44. The second-order valence-corrected chi connectivity index (χ2v) is 6.81. The van der Waals surface area contributed by atoms with Crippen LogP contribution in [0.5, 0.6) is 0 Å². The van der Waals surface area contributed by atoms with Crippen molar-refractivity contribution in [3.05, 3.63) is 0 Å². The largest absolute Gasteiger partial charge is 0.391 e. The molecule has 2 fully saturated rings. The van der Waals surface area contributed by atoms with E-state index in [-0.39, 0.29) is 18.7 Å². The lowest BCUT2D eigenvalue weighted by atomic mass is 9.80. The molecule has 3 atom stereocenters. The molecule has 2 rings (SSSR count). The van der Waals surface area contributed by atoms with E-state index in [1.807, 2.05) is 0 Å². The summed E-state index contributed by atoms with van der Waals surface area (Å²) in [4.78, 5) is 14.2. The standard InChI is InChI=1S/C14H21BrF3NO/c15-6-4-10-5-7-19(9-10)13(20)11-2-1-3-12(8-11)14(16,17)18/h10-12H,1-9H2.